The molecule has 6 heteroatoms. The Morgan fingerprint density at radius 1 is 1.09 bits per heavy atom. The Morgan fingerprint density at radius 2 is 1.78 bits per heavy atom. The molecule has 3 rings (SSSR count). The number of fused-ring (bicyclic) bond motifs is 1. The van der Waals surface area contributed by atoms with Crippen LogP contribution in [0.1, 0.15) is 42.5 Å². The van der Waals surface area contributed by atoms with E-state index in [0.29, 0.717) is 11.3 Å². The molecule has 0 saturated carbocycles. The van der Waals surface area contributed by atoms with Gasteiger partial charge in [-0.25, -0.2) is 0 Å². The van der Waals surface area contributed by atoms with Crippen LogP contribution in [0.15, 0.2) is 24.3 Å². The number of hydrogen-bond donors (Lipinski definition) is 2. The van der Waals surface area contributed by atoms with E-state index in [0.717, 1.165) is 38.8 Å². The summed E-state index contributed by atoms with van der Waals surface area (Å²) >= 11 is 0. The molecule has 23 heavy (non-hydrogen) atoms. The maximum atomic E-state index is 12.5. The van der Waals surface area contributed by atoms with Crippen molar-refractivity contribution in [3.63, 3.8) is 0 Å². The van der Waals surface area contributed by atoms with Crippen LogP contribution in [0.3, 0.4) is 0 Å². The monoisotopic (exact) mass is 315 g/mol. The summed E-state index contributed by atoms with van der Waals surface area (Å²) in [5.74, 6) is -0.739. The van der Waals surface area contributed by atoms with Gasteiger partial charge in [0.15, 0.2) is 0 Å². The molecule has 0 radical (unpaired) electrons. The Balaban J connectivity index is 1.70. The van der Waals surface area contributed by atoms with Gasteiger partial charge in [-0.1, -0.05) is 25.0 Å². The number of anilines is 1. The first-order chi connectivity index (χ1) is 11.1. The summed E-state index contributed by atoms with van der Waals surface area (Å²) in [4.78, 5) is 38.8. The summed E-state index contributed by atoms with van der Waals surface area (Å²) in [5.41, 5.74) is 0.908. The lowest BCUT2D eigenvalue weighted by Gasteiger charge is -2.23. The van der Waals surface area contributed by atoms with Crippen LogP contribution >= 0.6 is 0 Å². The number of para-hydroxylation sites is 1. The number of likely N-dealkylation sites (tertiary alicyclic amines) is 1. The van der Waals surface area contributed by atoms with Gasteiger partial charge in [0.2, 0.25) is 11.8 Å². The molecule has 0 unspecified atom stereocenters. The molecule has 0 spiro atoms. The maximum absolute atomic E-state index is 12.5. The number of hydrogen-bond acceptors (Lipinski definition) is 3. The third kappa shape index (κ3) is 3.52. The lowest BCUT2D eigenvalue weighted by atomic mass is 10.1. The van der Waals surface area contributed by atoms with Crippen molar-refractivity contribution < 1.29 is 14.4 Å². The van der Waals surface area contributed by atoms with Crippen LogP contribution in [0.4, 0.5) is 5.69 Å². The molecular weight excluding hydrogens is 294 g/mol. The minimum absolute atomic E-state index is 0.00552. The summed E-state index contributed by atoms with van der Waals surface area (Å²) in [6, 6.07) is 6.02. The van der Waals surface area contributed by atoms with Crippen LogP contribution in [0.25, 0.3) is 0 Å². The Hall–Kier alpha value is -2.37. The summed E-state index contributed by atoms with van der Waals surface area (Å²) in [6.07, 6.45) is 4.28. The van der Waals surface area contributed by atoms with E-state index in [1.807, 2.05) is 4.90 Å². The number of carbonyl (C=O) groups is 3. The molecule has 0 aliphatic carbocycles. The second-order valence-electron chi connectivity index (χ2n) is 6.06. The molecule has 3 amide bonds. The van der Waals surface area contributed by atoms with Gasteiger partial charge in [0, 0.05) is 13.1 Å². The van der Waals surface area contributed by atoms with Crippen molar-refractivity contribution >= 4 is 23.4 Å². The van der Waals surface area contributed by atoms with Gasteiger partial charge in [-0.3, -0.25) is 14.4 Å². The first-order valence-electron chi connectivity index (χ1n) is 8.13. The number of carbonyl (C=O) groups excluding carboxylic acids is 3. The van der Waals surface area contributed by atoms with E-state index < -0.39 is 6.04 Å². The first kappa shape index (κ1) is 15.5. The second-order valence-corrected chi connectivity index (χ2v) is 6.06. The summed E-state index contributed by atoms with van der Waals surface area (Å²) in [7, 11) is 0. The Labute approximate surface area is 135 Å². The zero-order chi connectivity index (χ0) is 16.2. The molecule has 122 valence electrons. The van der Waals surface area contributed by atoms with Gasteiger partial charge in [0.25, 0.3) is 5.91 Å². The molecule has 1 atom stereocenters. The predicted molar refractivity (Wildman–Crippen MR) is 86.0 cm³/mol. The molecule has 0 aromatic heterocycles. The van der Waals surface area contributed by atoms with E-state index in [2.05, 4.69) is 10.6 Å². The average molecular weight is 315 g/mol. The van der Waals surface area contributed by atoms with Crippen LogP contribution in [-0.2, 0) is 9.59 Å². The van der Waals surface area contributed by atoms with Gasteiger partial charge in [-0.15, -0.1) is 0 Å². The molecule has 2 aliphatic rings. The Morgan fingerprint density at radius 3 is 2.52 bits per heavy atom. The molecular formula is C17H21N3O3. The fourth-order valence-electron chi connectivity index (χ4n) is 3.08. The van der Waals surface area contributed by atoms with E-state index in [4.69, 9.17) is 0 Å². The van der Waals surface area contributed by atoms with Crippen molar-refractivity contribution in [2.24, 2.45) is 0 Å². The van der Waals surface area contributed by atoms with Crippen LogP contribution < -0.4 is 10.6 Å². The highest BCUT2D eigenvalue weighted by Crippen LogP contribution is 2.19. The fraction of sp³-hybridized carbons (Fsp3) is 0.471. The van der Waals surface area contributed by atoms with E-state index in [9.17, 15) is 14.4 Å². The highest BCUT2D eigenvalue weighted by Gasteiger charge is 2.30. The largest absolute Gasteiger partial charge is 0.343 e. The van der Waals surface area contributed by atoms with Gasteiger partial charge in [-0.2, -0.15) is 0 Å². The molecule has 0 bridgehead atoms. The molecule has 6 nitrogen and oxygen atoms in total. The van der Waals surface area contributed by atoms with E-state index in [1.165, 1.54) is 0 Å². The van der Waals surface area contributed by atoms with Crippen LogP contribution in [0, 0.1) is 0 Å². The van der Waals surface area contributed by atoms with Gasteiger partial charge in [0.1, 0.15) is 6.04 Å². The number of benzene rings is 1. The summed E-state index contributed by atoms with van der Waals surface area (Å²) in [5, 5.41) is 5.40. The van der Waals surface area contributed by atoms with Gasteiger partial charge in [0.05, 0.1) is 17.7 Å². The van der Waals surface area contributed by atoms with E-state index in [1.54, 1.807) is 24.3 Å². The van der Waals surface area contributed by atoms with E-state index in [-0.39, 0.29) is 24.1 Å². The van der Waals surface area contributed by atoms with Crippen molar-refractivity contribution in [3.05, 3.63) is 29.8 Å². The topological polar surface area (TPSA) is 78.5 Å². The standard InChI is InChI=1S/C17H21N3O3/c21-15(20-9-5-1-2-6-10-20)11-14-17(23)18-13-8-4-3-7-12(13)16(22)19-14/h3-4,7-8,14H,1-2,5-6,9-11H2,(H,18,23)(H,19,22)/t14-/m1/s1. The van der Waals surface area contributed by atoms with Crippen molar-refractivity contribution in [2.75, 3.05) is 18.4 Å². The minimum Gasteiger partial charge on any atom is -0.343 e. The van der Waals surface area contributed by atoms with Crippen LogP contribution in [0.5, 0.6) is 0 Å². The molecule has 2 aliphatic heterocycles. The first-order valence-corrected chi connectivity index (χ1v) is 8.13. The second kappa shape index (κ2) is 6.81. The molecule has 2 N–H and O–H groups in total. The average Bonchev–Trinajstić information content (AvgIpc) is 2.88. The highest BCUT2D eigenvalue weighted by atomic mass is 16.2. The number of amides is 3. The normalized spacial score (nSPS) is 21.6. The third-order valence-electron chi connectivity index (χ3n) is 4.39. The summed E-state index contributed by atoms with van der Waals surface area (Å²) < 4.78 is 0. The predicted octanol–water partition coefficient (Wildman–Crippen LogP) is 1.53. The zero-order valence-electron chi connectivity index (χ0n) is 13.0. The fourth-order valence-corrected chi connectivity index (χ4v) is 3.08. The molecule has 2 heterocycles. The van der Waals surface area contributed by atoms with Crippen LogP contribution in [-0.4, -0.2) is 41.8 Å². The molecule has 1 aromatic rings. The Bertz CT molecular complexity index is 621. The third-order valence-corrected chi connectivity index (χ3v) is 4.39. The number of nitrogens with one attached hydrogen (secondary N) is 2. The minimum atomic E-state index is -0.828. The smallest absolute Gasteiger partial charge is 0.254 e. The van der Waals surface area contributed by atoms with Crippen LogP contribution in [0.2, 0.25) is 0 Å². The molecule has 1 saturated heterocycles. The van der Waals surface area contributed by atoms with Crippen molar-refractivity contribution in [1.82, 2.24) is 10.2 Å². The molecule has 1 fully saturated rings. The lowest BCUT2D eigenvalue weighted by molar-refractivity contribution is -0.133. The highest BCUT2D eigenvalue weighted by molar-refractivity contribution is 6.10. The molecule has 1 aromatic carbocycles. The quantitative estimate of drug-likeness (QED) is 0.869. The van der Waals surface area contributed by atoms with Gasteiger partial charge >= 0.3 is 0 Å². The SMILES string of the molecule is O=C1N[C@H](CC(=O)N2CCCCCC2)C(=O)Nc2ccccc21. The maximum Gasteiger partial charge on any atom is 0.254 e. The number of nitrogens with zero attached hydrogens (tertiary/aromatic N) is 1. The lowest BCUT2D eigenvalue weighted by Crippen LogP contribution is -2.45. The van der Waals surface area contributed by atoms with Crippen molar-refractivity contribution in [1.29, 1.82) is 0 Å². The Kier molecular flexibility index (Phi) is 4.60. The van der Waals surface area contributed by atoms with Crippen molar-refractivity contribution in [2.45, 2.75) is 38.1 Å². The summed E-state index contributed by atoms with van der Waals surface area (Å²) in [6.45, 7) is 1.47. The number of rotatable bonds is 2. The zero-order valence-corrected chi connectivity index (χ0v) is 13.0. The van der Waals surface area contributed by atoms with E-state index >= 15 is 0 Å². The van der Waals surface area contributed by atoms with Gasteiger partial charge < -0.3 is 15.5 Å². The van der Waals surface area contributed by atoms with Gasteiger partial charge in [-0.05, 0) is 25.0 Å². The van der Waals surface area contributed by atoms with Crippen molar-refractivity contribution in [3.8, 4) is 0 Å².